The molecule has 0 radical (unpaired) electrons. The number of nitrogens with one attached hydrogen (secondary N) is 1. The average molecular weight is 361 g/mol. The highest BCUT2D eigenvalue weighted by Crippen LogP contribution is 2.17. The molecule has 1 aromatic carbocycles. The summed E-state index contributed by atoms with van der Waals surface area (Å²) in [5, 5.41) is 3.11. The lowest BCUT2D eigenvalue weighted by atomic mass is 10.1. The van der Waals surface area contributed by atoms with Crippen LogP contribution in [0.1, 0.15) is 37.7 Å². The lowest BCUT2D eigenvalue weighted by molar-refractivity contribution is -0.132. The van der Waals surface area contributed by atoms with Crippen molar-refractivity contribution >= 4 is 11.8 Å². The Morgan fingerprint density at radius 3 is 2.46 bits per heavy atom. The SMILES string of the molecule is O=C(CCN1CCN(C(=O)Cc2ccccc2F)CC1)NC1CCCC1. The number of halogens is 1. The number of piperazine rings is 1. The summed E-state index contributed by atoms with van der Waals surface area (Å²) in [7, 11) is 0. The lowest BCUT2D eigenvalue weighted by Gasteiger charge is -2.34. The van der Waals surface area contributed by atoms with Crippen molar-refractivity contribution in [3.63, 3.8) is 0 Å². The van der Waals surface area contributed by atoms with Gasteiger partial charge in [0.2, 0.25) is 11.8 Å². The fraction of sp³-hybridized carbons (Fsp3) is 0.600. The van der Waals surface area contributed by atoms with Gasteiger partial charge in [0.25, 0.3) is 0 Å². The number of rotatable bonds is 6. The molecule has 0 aromatic heterocycles. The first-order chi connectivity index (χ1) is 12.6. The maximum Gasteiger partial charge on any atom is 0.227 e. The molecule has 6 heteroatoms. The molecule has 5 nitrogen and oxygen atoms in total. The molecule has 1 heterocycles. The smallest absolute Gasteiger partial charge is 0.227 e. The number of amides is 2. The highest BCUT2D eigenvalue weighted by Gasteiger charge is 2.23. The van der Waals surface area contributed by atoms with Gasteiger partial charge in [-0.05, 0) is 24.5 Å². The number of benzene rings is 1. The maximum absolute atomic E-state index is 13.7. The Kier molecular flexibility index (Phi) is 6.61. The molecular weight excluding hydrogens is 333 g/mol. The summed E-state index contributed by atoms with van der Waals surface area (Å²) in [5.74, 6) is -0.226. The van der Waals surface area contributed by atoms with E-state index in [1.165, 1.54) is 18.9 Å². The predicted octanol–water partition coefficient (Wildman–Crippen LogP) is 1.96. The topological polar surface area (TPSA) is 52.7 Å². The zero-order valence-electron chi connectivity index (χ0n) is 15.3. The molecule has 0 unspecified atom stereocenters. The van der Waals surface area contributed by atoms with Crippen LogP contribution in [0.5, 0.6) is 0 Å². The Labute approximate surface area is 154 Å². The summed E-state index contributed by atoms with van der Waals surface area (Å²) < 4.78 is 13.7. The average Bonchev–Trinajstić information content (AvgIpc) is 3.15. The number of hydrogen-bond donors (Lipinski definition) is 1. The second-order valence-electron chi connectivity index (χ2n) is 7.29. The van der Waals surface area contributed by atoms with E-state index >= 15 is 0 Å². The van der Waals surface area contributed by atoms with Gasteiger partial charge in [-0.15, -0.1) is 0 Å². The van der Waals surface area contributed by atoms with Gasteiger partial charge in [-0.3, -0.25) is 14.5 Å². The van der Waals surface area contributed by atoms with E-state index in [1.807, 2.05) is 0 Å². The van der Waals surface area contributed by atoms with Crippen molar-refractivity contribution in [3.8, 4) is 0 Å². The Bertz CT molecular complexity index is 623. The van der Waals surface area contributed by atoms with Gasteiger partial charge in [-0.25, -0.2) is 4.39 Å². The molecule has 2 amide bonds. The van der Waals surface area contributed by atoms with Crippen molar-refractivity contribution in [1.82, 2.24) is 15.1 Å². The van der Waals surface area contributed by atoms with Crippen LogP contribution in [0.15, 0.2) is 24.3 Å². The zero-order chi connectivity index (χ0) is 18.4. The molecule has 1 aliphatic heterocycles. The minimum atomic E-state index is -0.326. The van der Waals surface area contributed by atoms with Crippen molar-refractivity contribution < 1.29 is 14.0 Å². The first kappa shape index (κ1) is 18.8. The third-order valence-electron chi connectivity index (χ3n) is 5.40. The molecule has 0 atom stereocenters. The summed E-state index contributed by atoms with van der Waals surface area (Å²) in [6.07, 6.45) is 5.26. The minimum absolute atomic E-state index is 0.0336. The summed E-state index contributed by atoms with van der Waals surface area (Å²) in [6.45, 7) is 3.53. The van der Waals surface area contributed by atoms with Crippen LogP contribution >= 0.6 is 0 Å². The summed E-state index contributed by atoms with van der Waals surface area (Å²) >= 11 is 0. The van der Waals surface area contributed by atoms with Gasteiger partial charge in [0.05, 0.1) is 6.42 Å². The van der Waals surface area contributed by atoms with Gasteiger partial charge >= 0.3 is 0 Å². The third kappa shape index (κ3) is 5.27. The normalized spacial score (nSPS) is 18.9. The highest BCUT2D eigenvalue weighted by atomic mass is 19.1. The van der Waals surface area contributed by atoms with E-state index < -0.39 is 0 Å². The van der Waals surface area contributed by atoms with E-state index in [0.29, 0.717) is 31.1 Å². The molecule has 26 heavy (non-hydrogen) atoms. The van der Waals surface area contributed by atoms with Crippen LogP contribution < -0.4 is 5.32 Å². The summed E-state index contributed by atoms with van der Waals surface area (Å²) in [5.41, 5.74) is 0.448. The molecule has 3 rings (SSSR count). The van der Waals surface area contributed by atoms with Crippen LogP contribution in [0.4, 0.5) is 4.39 Å². The molecule has 1 aliphatic carbocycles. The number of carbonyl (C=O) groups excluding carboxylic acids is 2. The maximum atomic E-state index is 13.7. The van der Waals surface area contributed by atoms with Crippen LogP contribution in [-0.2, 0) is 16.0 Å². The molecule has 2 fully saturated rings. The van der Waals surface area contributed by atoms with Crippen LogP contribution in [0.3, 0.4) is 0 Å². The molecular formula is C20H28FN3O2. The fourth-order valence-corrected chi connectivity index (χ4v) is 3.77. The van der Waals surface area contributed by atoms with Crippen molar-refractivity contribution in [2.24, 2.45) is 0 Å². The van der Waals surface area contributed by atoms with E-state index in [1.54, 1.807) is 23.1 Å². The zero-order valence-corrected chi connectivity index (χ0v) is 15.3. The quantitative estimate of drug-likeness (QED) is 0.843. The largest absolute Gasteiger partial charge is 0.353 e. The summed E-state index contributed by atoms with van der Waals surface area (Å²) in [4.78, 5) is 28.4. The Balaban J connectivity index is 1.36. The Morgan fingerprint density at radius 1 is 1.08 bits per heavy atom. The number of nitrogens with zero attached hydrogens (tertiary/aromatic N) is 2. The molecule has 0 spiro atoms. The standard InChI is InChI=1S/C20H28FN3O2/c21-18-8-4-1-5-16(18)15-20(26)24-13-11-23(12-14-24)10-9-19(25)22-17-6-2-3-7-17/h1,4-5,8,17H,2-3,6-7,9-15H2,(H,22,25). The van der Waals surface area contributed by atoms with Crippen molar-refractivity contribution in [3.05, 3.63) is 35.6 Å². The van der Waals surface area contributed by atoms with Gasteiger partial charge in [-0.2, -0.15) is 0 Å². The van der Waals surface area contributed by atoms with Gasteiger partial charge < -0.3 is 10.2 Å². The molecule has 0 bridgehead atoms. The van der Waals surface area contributed by atoms with E-state index in [4.69, 9.17) is 0 Å². The summed E-state index contributed by atoms with van der Waals surface area (Å²) in [6, 6.07) is 6.80. The molecule has 142 valence electrons. The fourth-order valence-electron chi connectivity index (χ4n) is 3.77. The highest BCUT2D eigenvalue weighted by molar-refractivity contribution is 5.79. The van der Waals surface area contributed by atoms with Crippen LogP contribution in [0.25, 0.3) is 0 Å². The molecule has 1 aromatic rings. The first-order valence-electron chi connectivity index (χ1n) is 9.65. The van der Waals surface area contributed by atoms with Crippen LogP contribution in [0, 0.1) is 5.82 Å². The predicted molar refractivity (Wildman–Crippen MR) is 98.1 cm³/mol. The van der Waals surface area contributed by atoms with Crippen molar-refractivity contribution in [2.45, 2.75) is 44.6 Å². The van der Waals surface area contributed by atoms with E-state index in [2.05, 4.69) is 10.2 Å². The van der Waals surface area contributed by atoms with E-state index in [9.17, 15) is 14.0 Å². The number of hydrogen-bond acceptors (Lipinski definition) is 3. The lowest BCUT2D eigenvalue weighted by Crippen LogP contribution is -2.49. The molecule has 1 saturated heterocycles. The minimum Gasteiger partial charge on any atom is -0.353 e. The van der Waals surface area contributed by atoms with Crippen molar-refractivity contribution in [2.75, 3.05) is 32.7 Å². The van der Waals surface area contributed by atoms with Crippen LogP contribution in [0.2, 0.25) is 0 Å². The molecule has 1 saturated carbocycles. The Hall–Kier alpha value is -1.95. The Morgan fingerprint density at radius 2 is 1.77 bits per heavy atom. The third-order valence-corrected chi connectivity index (χ3v) is 5.40. The molecule has 1 N–H and O–H groups in total. The van der Waals surface area contributed by atoms with Gasteiger partial charge in [-0.1, -0.05) is 31.0 Å². The monoisotopic (exact) mass is 361 g/mol. The van der Waals surface area contributed by atoms with Crippen molar-refractivity contribution in [1.29, 1.82) is 0 Å². The first-order valence-corrected chi connectivity index (χ1v) is 9.65. The van der Waals surface area contributed by atoms with E-state index in [-0.39, 0.29) is 24.1 Å². The van der Waals surface area contributed by atoms with Gasteiger partial charge in [0.1, 0.15) is 5.82 Å². The van der Waals surface area contributed by atoms with Gasteiger partial charge in [0, 0.05) is 45.2 Å². The van der Waals surface area contributed by atoms with E-state index in [0.717, 1.165) is 32.5 Å². The molecule has 2 aliphatic rings. The number of carbonyl (C=O) groups is 2. The van der Waals surface area contributed by atoms with Crippen LogP contribution in [-0.4, -0.2) is 60.4 Å². The van der Waals surface area contributed by atoms with Gasteiger partial charge in [0.15, 0.2) is 0 Å². The second-order valence-corrected chi connectivity index (χ2v) is 7.29. The second kappa shape index (κ2) is 9.12.